The summed E-state index contributed by atoms with van der Waals surface area (Å²) >= 11 is 12.4. The van der Waals surface area contributed by atoms with E-state index in [4.69, 9.17) is 28.2 Å². The van der Waals surface area contributed by atoms with Gasteiger partial charge in [-0.1, -0.05) is 59.1 Å². The van der Waals surface area contributed by atoms with Crippen LogP contribution in [0.3, 0.4) is 0 Å². The second kappa shape index (κ2) is 11.1. The number of benzene rings is 3. The van der Waals surface area contributed by atoms with Crippen molar-refractivity contribution < 1.29 is 4.79 Å². The fraction of sp³-hybridized carbons (Fsp3) is 0.212. The smallest absolute Gasteiger partial charge is 0.253 e. The monoisotopic (exact) mass is 568 g/mol. The van der Waals surface area contributed by atoms with Crippen LogP contribution in [0.25, 0.3) is 28.0 Å². The van der Waals surface area contributed by atoms with Crippen molar-refractivity contribution in [3.63, 3.8) is 0 Å². The van der Waals surface area contributed by atoms with Crippen LogP contribution in [0.2, 0.25) is 10.0 Å². The van der Waals surface area contributed by atoms with Gasteiger partial charge in [-0.05, 0) is 79.1 Å². The van der Waals surface area contributed by atoms with E-state index in [9.17, 15) is 4.79 Å². The summed E-state index contributed by atoms with van der Waals surface area (Å²) in [5, 5.41) is 1.43. The number of hydrogen-bond donors (Lipinski definition) is 0. The van der Waals surface area contributed by atoms with Crippen LogP contribution in [0.15, 0.2) is 85.1 Å². The van der Waals surface area contributed by atoms with Crippen molar-refractivity contribution in [1.29, 1.82) is 0 Å². The van der Waals surface area contributed by atoms with E-state index in [0.717, 1.165) is 75.1 Å². The molecular formula is C33H30Cl2N4O. The Kier molecular flexibility index (Phi) is 7.37. The third kappa shape index (κ3) is 5.37. The zero-order chi connectivity index (χ0) is 27.8. The van der Waals surface area contributed by atoms with Crippen LogP contribution < -0.4 is 0 Å². The van der Waals surface area contributed by atoms with Crippen molar-refractivity contribution in [3.05, 3.63) is 117 Å². The van der Waals surface area contributed by atoms with Crippen LogP contribution >= 0.6 is 23.2 Å². The molecule has 5 nitrogen and oxygen atoms in total. The third-order valence-corrected chi connectivity index (χ3v) is 8.15. The van der Waals surface area contributed by atoms with Gasteiger partial charge in [0.05, 0.1) is 11.4 Å². The second-order valence-electron chi connectivity index (χ2n) is 10.5. The number of imidazole rings is 1. The molecule has 7 heteroatoms. The molecule has 3 aromatic carbocycles. The van der Waals surface area contributed by atoms with Gasteiger partial charge in [-0.2, -0.15) is 0 Å². The van der Waals surface area contributed by atoms with E-state index in [1.807, 2.05) is 72.5 Å². The summed E-state index contributed by atoms with van der Waals surface area (Å²) in [6, 6.07) is 25.9. The lowest BCUT2D eigenvalue weighted by atomic mass is 10.0. The van der Waals surface area contributed by atoms with Gasteiger partial charge < -0.3 is 9.30 Å². The third-order valence-electron chi connectivity index (χ3n) is 7.67. The molecule has 1 amide bonds. The number of halogens is 2. The predicted octanol–water partition coefficient (Wildman–Crippen LogP) is 7.55. The summed E-state index contributed by atoms with van der Waals surface area (Å²) in [5.74, 6) is 0.0966. The van der Waals surface area contributed by atoms with Crippen LogP contribution in [-0.2, 0) is 6.54 Å². The zero-order valence-corrected chi connectivity index (χ0v) is 24.1. The Labute approximate surface area is 244 Å². The number of pyridine rings is 1. The first-order valence-electron chi connectivity index (χ1n) is 13.5. The van der Waals surface area contributed by atoms with E-state index < -0.39 is 0 Å². The minimum absolute atomic E-state index is 0.0966. The molecule has 1 aliphatic rings. The van der Waals surface area contributed by atoms with E-state index >= 15 is 0 Å². The molecule has 202 valence electrons. The zero-order valence-electron chi connectivity index (χ0n) is 22.6. The SMILES string of the molecule is Cc1ccc(C(=O)N2CCN(Cc3c(-c4ccc(Cl)cc4)nc4ccc(-c5ccc(Cl)cc5C)cn34)CC2)cc1. The van der Waals surface area contributed by atoms with Gasteiger partial charge in [-0.3, -0.25) is 9.69 Å². The summed E-state index contributed by atoms with van der Waals surface area (Å²) in [6.07, 6.45) is 2.17. The number of fused-ring (bicyclic) bond motifs is 1. The topological polar surface area (TPSA) is 40.9 Å². The number of rotatable bonds is 5. The number of aryl methyl sites for hydroxylation is 2. The highest BCUT2D eigenvalue weighted by Crippen LogP contribution is 2.31. The summed E-state index contributed by atoms with van der Waals surface area (Å²) in [7, 11) is 0. The summed E-state index contributed by atoms with van der Waals surface area (Å²) in [6.45, 7) is 7.79. The summed E-state index contributed by atoms with van der Waals surface area (Å²) < 4.78 is 2.21. The fourth-order valence-electron chi connectivity index (χ4n) is 5.39. The van der Waals surface area contributed by atoms with E-state index in [1.54, 1.807) is 0 Å². The van der Waals surface area contributed by atoms with E-state index in [-0.39, 0.29) is 5.91 Å². The van der Waals surface area contributed by atoms with Gasteiger partial charge in [0.25, 0.3) is 5.91 Å². The molecule has 5 aromatic rings. The molecule has 0 spiro atoms. The molecule has 6 rings (SSSR count). The minimum atomic E-state index is 0.0966. The second-order valence-corrected chi connectivity index (χ2v) is 11.3. The standard InChI is InChI=1S/C33H30Cl2N4O/c1-22-3-5-25(6-4-22)33(40)38-17-15-37(16-18-38)21-30-32(24-7-10-27(34)11-8-24)36-31-14-9-26(20-39(30)31)29-13-12-28(35)19-23(29)2/h3-14,19-20H,15-18,21H2,1-2H3. The van der Waals surface area contributed by atoms with E-state index in [0.29, 0.717) is 18.1 Å². The Balaban J connectivity index is 1.31. The molecule has 3 heterocycles. The maximum absolute atomic E-state index is 13.1. The number of hydrogen-bond acceptors (Lipinski definition) is 3. The molecule has 0 bridgehead atoms. The average molecular weight is 570 g/mol. The Morgan fingerprint density at radius 1 is 0.800 bits per heavy atom. The highest BCUT2D eigenvalue weighted by molar-refractivity contribution is 6.31. The van der Waals surface area contributed by atoms with Gasteiger partial charge in [0.15, 0.2) is 0 Å². The molecule has 0 radical (unpaired) electrons. The number of aromatic nitrogens is 2. The van der Waals surface area contributed by atoms with Crippen LogP contribution in [0.1, 0.15) is 27.2 Å². The van der Waals surface area contributed by atoms with Crippen molar-refractivity contribution in [1.82, 2.24) is 19.2 Å². The van der Waals surface area contributed by atoms with Crippen LogP contribution in [0.4, 0.5) is 0 Å². The van der Waals surface area contributed by atoms with Crippen molar-refractivity contribution in [2.75, 3.05) is 26.2 Å². The lowest BCUT2D eigenvalue weighted by Gasteiger charge is -2.34. The van der Waals surface area contributed by atoms with Crippen molar-refractivity contribution in [2.45, 2.75) is 20.4 Å². The molecule has 2 aromatic heterocycles. The largest absolute Gasteiger partial charge is 0.336 e. The maximum atomic E-state index is 13.1. The lowest BCUT2D eigenvalue weighted by molar-refractivity contribution is 0.0627. The van der Waals surface area contributed by atoms with Gasteiger partial charge in [-0.25, -0.2) is 4.98 Å². The van der Waals surface area contributed by atoms with Gasteiger partial charge >= 0.3 is 0 Å². The Morgan fingerprint density at radius 2 is 1.48 bits per heavy atom. The molecule has 0 atom stereocenters. The van der Waals surface area contributed by atoms with Gasteiger partial charge in [0, 0.05) is 60.1 Å². The average Bonchev–Trinajstić information content (AvgIpc) is 3.31. The molecule has 1 fully saturated rings. The minimum Gasteiger partial charge on any atom is -0.336 e. The number of carbonyl (C=O) groups is 1. The maximum Gasteiger partial charge on any atom is 0.253 e. The molecule has 1 aliphatic heterocycles. The molecule has 40 heavy (non-hydrogen) atoms. The van der Waals surface area contributed by atoms with Crippen LogP contribution in [0.5, 0.6) is 0 Å². The highest BCUT2D eigenvalue weighted by atomic mass is 35.5. The van der Waals surface area contributed by atoms with Crippen molar-refractivity contribution in [2.24, 2.45) is 0 Å². The van der Waals surface area contributed by atoms with E-state index in [1.165, 1.54) is 0 Å². The lowest BCUT2D eigenvalue weighted by Crippen LogP contribution is -2.48. The quantitative estimate of drug-likeness (QED) is 0.220. The Hall–Kier alpha value is -3.64. The predicted molar refractivity (Wildman–Crippen MR) is 163 cm³/mol. The number of amides is 1. The van der Waals surface area contributed by atoms with Crippen LogP contribution in [0, 0.1) is 13.8 Å². The molecule has 0 unspecified atom stereocenters. The van der Waals surface area contributed by atoms with Gasteiger partial charge in [-0.15, -0.1) is 0 Å². The van der Waals surface area contributed by atoms with Crippen LogP contribution in [-0.4, -0.2) is 51.3 Å². The fourth-order valence-corrected chi connectivity index (χ4v) is 5.75. The van der Waals surface area contributed by atoms with Crippen molar-refractivity contribution >= 4 is 34.8 Å². The molecule has 0 saturated carbocycles. The first-order chi connectivity index (χ1) is 19.4. The molecular weight excluding hydrogens is 539 g/mol. The summed E-state index contributed by atoms with van der Waals surface area (Å²) in [4.78, 5) is 22.5. The van der Waals surface area contributed by atoms with Gasteiger partial charge in [0.2, 0.25) is 0 Å². The molecule has 0 N–H and O–H groups in total. The van der Waals surface area contributed by atoms with Gasteiger partial charge in [0.1, 0.15) is 5.65 Å². The number of nitrogens with zero attached hydrogens (tertiary/aromatic N) is 4. The number of piperazine rings is 1. The Morgan fingerprint density at radius 3 is 2.17 bits per heavy atom. The molecule has 1 saturated heterocycles. The first kappa shape index (κ1) is 26.6. The highest BCUT2D eigenvalue weighted by Gasteiger charge is 2.24. The number of carbonyl (C=O) groups excluding carboxylic acids is 1. The Bertz CT molecular complexity index is 1680. The van der Waals surface area contributed by atoms with Crippen molar-refractivity contribution in [3.8, 4) is 22.4 Å². The summed E-state index contributed by atoms with van der Waals surface area (Å²) in [5.41, 5.74) is 9.25. The normalized spacial score (nSPS) is 14.2. The van der Waals surface area contributed by atoms with E-state index in [2.05, 4.69) is 40.6 Å². The molecule has 0 aliphatic carbocycles. The first-order valence-corrected chi connectivity index (χ1v) is 14.2.